The fourth-order valence-electron chi connectivity index (χ4n) is 0.807. The molecule has 1 heterocycles. The summed E-state index contributed by atoms with van der Waals surface area (Å²) in [6.45, 7) is 1.97. The first-order valence-corrected chi connectivity index (χ1v) is 8.54. The van der Waals surface area contributed by atoms with Crippen LogP contribution in [0.15, 0.2) is 4.52 Å². The molecule has 0 atom stereocenters. The third-order valence-electron chi connectivity index (χ3n) is 1.62. The minimum atomic E-state index is -2.22. The third kappa shape index (κ3) is 3.85. The van der Waals surface area contributed by atoms with Gasteiger partial charge < -0.3 is 13.6 Å². The zero-order valence-electron chi connectivity index (χ0n) is 8.80. The van der Waals surface area contributed by atoms with E-state index < -0.39 is 5.69 Å². The molecule has 0 saturated heterocycles. The molecule has 0 N–H and O–H groups in total. The van der Waals surface area contributed by atoms with Crippen LogP contribution in [0.5, 0.6) is 0 Å². The van der Waals surface area contributed by atoms with Crippen LogP contribution >= 0.6 is 17.1 Å². The number of nitrogens with zero attached hydrogens (tertiary/aromatic N) is 2. The van der Waals surface area contributed by atoms with Crippen LogP contribution < -0.4 is 0 Å². The Hall–Kier alpha value is 0.0600. The Labute approximate surface area is 97.8 Å². The van der Waals surface area contributed by atoms with Gasteiger partial charge >= 0.3 is 0 Å². The van der Waals surface area contributed by atoms with Gasteiger partial charge in [-0.15, -0.1) is 0 Å². The molecule has 0 aromatic carbocycles. The van der Waals surface area contributed by atoms with Crippen molar-refractivity contribution in [3.8, 4) is 0 Å². The zero-order valence-corrected chi connectivity index (χ0v) is 11.3. The molecule has 0 amide bonds. The van der Waals surface area contributed by atoms with Gasteiger partial charge in [0.1, 0.15) is 0 Å². The lowest BCUT2D eigenvalue weighted by molar-refractivity contribution is 0.353. The van der Waals surface area contributed by atoms with Gasteiger partial charge in [0.05, 0.1) is 5.75 Å². The molecule has 5 nitrogen and oxygen atoms in total. The molecule has 1 aromatic heterocycles. The van der Waals surface area contributed by atoms with Crippen molar-refractivity contribution >= 4 is 28.9 Å². The van der Waals surface area contributed by atoms with Gasteiger partial charge in [0.2, 0.25) is 11.6 Å². The Balaban J connectivity index is 2.53. The average Bonchev–Trinajstić information content (AvgIpc) is 2.74. The first kappa shape index (κ1) is 13.1. The number of hydrogen-bond donors (Lipinski definition) is 0. The van der Waals surface area contributed by atoms with Crippen molar-refractivity contribution < 1.29 is 13.6 Å². The lowest BCUT2D eigenvalue weighted by Gasteiger charge is -2.14. The van der Waals surface area contributed by atoms with Gasteiger partial charge in [-0.1, -0.05) is 23.5 Å². The quantitative estimate of drug-likeness (QED) is 0.734. The molecule has 0 aliphatic heterocycles. The number of aryl methyl sites for hydroxylation is 1. The van der Waals surface area contributed by atoms with Gasteiger partial charge in [0.25, 0.3) is 0 Å². The molecule has 0 fully saturated rings. The maximum Gasteiger partial charge on any atom is 0.247 e. The normalized spacial score (nSPS) is 11.9. The Morgan fingerprint density at radius 2 is 2.13 bits per heavy atom. The van der Waals surface area contributed by atoms with Gasteiger partial charge in [-0.3, -0.25) is 0 Å². The van der Waals surface area contributed by atoms with Gasteiger partial charge in [-0.2, -0.15) is 4.98 Å². The summed E-state index contributed by atoms with van der Waals surface area (Å²) in [5.41, 5.74) is -2.22. The molecule has 0 aliphatic carbocycles. The smallest absolute Gasteiger partial charge is 0.247 e. The maximum atomic E-state index is 5.18. The van der Waals surface area contributed by atoms with Gasteiger partial charge in [-0.25, -0.2) is 0 Å². The predicted molar refractivity (Wildman–Crippen MR) is 63.3 cm³/mol. The Morgan fingerprint density at radius 1 is 1.47 bits per heavy atom. The largest absolute Gasteiger partial charge is 0.338 e. The van der Waals surface area contributed by atoms with Crippen LogP contribution in [-0.4, -0.2) is 24.4 Å². The Kier molecular flexibility index (Phi) is 5.22. The van der Waals surface area contributed by atoms with Crippen molar-refractivity contribution in [3.05, 3.63) is 11.7 Å². The van der Waals surface area contributed by atoms with Gasteiger partial charge in [0, 0.05) is 20.6 Å². The summed E-state index contributed by atoms with van der Waals surface area (Å²) in [6.07, 6.45) is 0.761. The number of aromatic nitrogens is 2. The lowest BCUT2D eigenvalue weighted by atomic mass is 10.5. The molecule has 86 valence electrons. The molecule has 0 bridgehead atoms. The molecule has 0 spiro atoms. The van der Waals surface area contributed by atoms with Crippen molar-refractivity contribution in [3.63, 3.8) is 0 Å². The molecule has 0 unspecified atom stereocenters. The molecule has 1 aromatic rings. The molecular weight excluding hydrogens is 255 g/mol. The topological polar surface area (TPSA) is 57.4 Å². The molecule has 15 heavy (non-hydrogen) atoms. The van der Waals surface area contributed by atoms with Crippen molar-refractivity contribution in [1.82, 2.24) is 10.1 Å². The first-order chi connectivity index (χ1) is 7.13. The lowest BCUT2D eigenvalue weighted by Crippen LogP contribution is -1.87. The van der Waals surface area contributed by atoms with E-state index in [0.29, 0.717) is 17.5 Å². The minimum absolute atomic E-state index is 0.520. The molecule has 8 heteroatoms. The predicted octanol–water partition coefficient (Wildman–Crippen LogP) is 2.38. The highest BCUT2D eigenvalue weighted by Gasteiger charge is 2.18. The van der Waals surface area contributed by atoms with Crippen LogP contribution in [0.3, 0.4) is 0 Å². The van der Waals surface area contributed by atoms with Crippen LogP contribution in [0.25, 0.3) is 0 Å². The van der Waals surface area contributed by atoms with E-state index in [2.05, 4.69) is 10.1 Å². The number of hydrogen-bond acceptors (Lipinski definition) is 7. The van der Waals surface area contributed by atoms with Crippen LogP contribution in [0, 0.1) is 0 Å². The van der Waals surface area contributed by atoms with Gasteiger partial charge in [-0.05, 0) is 11.8 Å². The molecular formula is C7H13N2O3PS2. The molecule has 0 aliphatic rings. The fraction of sp³-hybridized carbons (Fsp3) is 0.714. The molecule has 0 saturated carbocycles. The summed E-state index contributed by atoms with van der Waals surface area (Å²) in [6, 6.07) is 0. The third-order valence-corrected chi connectivity index (χ3v) is 7.28. The summed E-state index contributed by atoms with van der Waals surface area (Å²) >= 11 is 6.56. The van der Waals surface area contributed by atoms with E-state index in [0.717, 1.165) is 6.42 Å². The standard InChI is InChI=1S/C7H13N2O3PS2/c1-4-6-8-7(12-9-6)5-15-13(14,10-2)11-3/h4-5H2,1-3H3. The Bertz CT molecular complexity index is 350. The fourth-order valence-corrected chi connectivity index (χ4v) is 3.46. The second-order valence-electron chi connectivity index (χ2n) is 2.54. The number of rotatable bonds is 6. The van der Waals surface area contributed by atoms with E-state index in [1.54, 1.807) is 14.2 Å². The van der Waals surface area contributed by atoms with Crippen molar-refractivity contribution in [2.24, 2.45) is 0 Å². The maximum absolute atomic E-state index is 5.18. The van der Waals surface area contributed by atoms with Crippen LogP contribution in [-0.2, 0) is 33.0 Å². The van der Waals surface area contributed by atoms with E-state index in [9.17, 15) is 0 Å². The SMILES string of the molecule is CCc1noc(CSP(=S)(OC)OC)n1. The summed E-state index contributed by atoms with van der Waals surface area (Å²) in [5, 5.41) is 3.78. The average molecular weight is 268 g/mol. The van der Waals surface area contributed by atoms with E-state index in [4.69, 9.17) is 25.4 Å². The highest BCUT2D eigenvalue weighted by molar-refractivity contribution is 8.67. The van der Waals surface area contributed by atoms with E-state index in [1.165, 1.54) is 11.4 Å². The van der Waals surface area contributed by atoms with Crippen molar-refractivity contribution in [2.75, 3.05) is 14.2 Å². The van der Waals surface area contributed by atoms with Crippen molar-refractivity contribution in [1.29, 1.82) is 0 Å². The summed E-state index contributed by atoms with van der Waals surface area (Å²) in [5.74, 6) is 1.78. The Morgan fingerprint density at radius 3 is 2.60 bits per heavy atom. The molecule has 1 rings (SSSR count). The van der Waals surface area contributed by atoms with Crippen molar-refractivity contribution in [2.45, 2.75) is 19.1 Å². The second-order valence-corrected chi connectivity index (χ2v) is 9.07. The van der Waals surface area contributed by atoms with E-state index >= 15 is 0 Å². The highest BCUT2D eigenvalue weighted by atomic mass is 32.9. The van der Waals surface area contributed by atoms with Crippen LogP contribution in [0.1, 0.15) is 18.6 Å². The highest BCUT2D eigenvalue weighted by Crippen LogP contribution is 2.60. The summed E-state index contributed by atoms with van der Waals surface area (Å²) in [4.78, 5) is 4.16. The summed E-state index contributed by atoms with van der Waals surface area (Å²) < 4.78 is 15.3. The van der Waals surface area contributed by atoms with E-state index in [1.807, 2.05) is 6.92 Å². The van der Waals surface area contributed by atoms with E-state index in [-0.39, 0.29) is 0 Å². The zero-order chi connectivity index (χ0) is 11.3. The minimum Gasteiger partial charge on any atom is -0.338 e. The summed E-state index contributed by atoms with van der Waals surface area (Å²) in [7, 11) is 3.09. The van der Waals surface area contributed by atoms with Crippen LogP contribution in [0.2, 0.25) is 0 Å². The monoisotopic (exact) mass is 268 g/mol. The second kappa shape index (κ2) is 5.96. The molecule has 0 radical (unpaired) electrons. The first-order valence-electron chi connectivity index (χ1n) is 4.31. The van der Waals surface area contributed by atoms with Gasteiger partial charge in [0.15, 0.2) is 5.82 Å². The van der Waals surface area contributed by atoms with Crippen LogP contribution in [0.4, 0.5) is 0 Å².